The molecule has 0 N–H and O–H groups in total. The van der Waals surface area contributed by atoms with Gasteiger partial charge in [0.2, 0.25) is 0 Å². The van der Waals surface area contributed by atoms with E-state index in [9.17, 15) is 0 Å². The van der Waals surface area contributed by atoms with Gasteiger partial charge in [0.05, 0.1) is 0 Å². The Morgan fingerprint density at radius 3 is 1.45 bits per heavy atom. The molecule has 0 amide bonds. The zero-order valence-electron chi connectivity index (χ0n) is 8.48. The molecule has 0 aliphatic heterocycles. The van der Waals surface area contributed by atoms with E-state index in [1.165, 1.54) is 12.8 Å². The smallest absolute Gasteiger partial charge is 0.0349 e. The van der Waals surface area contributed by atoms with Gasteiger partial charge in [0.15, 0.2) is 0 Å². The topological polar surface area (TPSA) is 0 Å². The summed E-state index contributed by atoms with van der Waals surface area (Å²) in [5, 5.41) is 0. The van der Waals surface area contributed by atoms with Gasteiger partial charge in [-0.1, -0.05) is 41.5 Å². The molecule has 0 bridgehead atoms. The Labute approximate surface area is 72.4 Å². The van der Waals surface area contributed by atoms with Crippen LogP contribution < -0.4 is 0 Å². The van der Waals surface area contributed by atoms with Crippen molar-refractivity contribution in [3.63, 3.8) is 0 Å². The third-order valence-corrected chi connectivity index (χ3v) is 1.80. The van der Waals surface area contributed by atoms with Gasteiger partial charge >= 0.3 is 0 Å². The lowest BCUT2D eigenvalue weighted by Crippen LogP contribution is -2.17. The SMILES string of the molecule is [CH2]C(C)CC(C)(C)CC([CH2])C. The minimum absolute atomic E-state index is 0.419. The molecule has 0 aromatic carbocycles. The van der Waals surface area contributed by atoms with E-state index in [1.54, 1.807) is 0 Å². The fourth-order valence-electron chi connectivity index (χ4n) is 1.97. The van der Waals surface area contributed by atoms with E-state index in [2.05, 4.69) is 41.5 Å². The molecule has 0 saturated carbocycles. The first-order valence-corrected chi connectivity index (χ1v) is 4.49. The van der Waals surface area contributed by atoms with Crippen molar-refractivity contribution in [3.8, 4) is 0 Å². The summed E-state index contributed by atoms with van der Waals surface area (Å²) in [5.41, 5.74) is 0.419. The molecular formula is C11H22. The number of hydrogen-bond acceptors (Lipinski definition) is 0. The molecule has 0 heterocycles. The Morgan fingerprint density at radius 2 is 1.27 bits per heavy atom. The normalized spacial score (nSPS) is 13.1. The van der Waals surface area contributed by atoms with Crippen molar-refractivity contribution in [1.29, 1.82) is 0 Å². The maximum Gasteiger partial charge on any atom is -0.0349 e. The van der Waals surface area contributed by atoms with Crippen LogP contribution in [0.3, 0.4) is 0 Å². The van der Waals surface area contributed by atoms with Crippen molar-refractivity contribution in [1.82, 2.24) is 0 Å². The van der Waals surface area contributed by atoms with Crippen LogP contribution >= 0.6 is 0 Å². The van der Waals surface area contributed by atoms with Gasteiger partial charge in [0.1, 0.15) is 0 Å². The van der Waals surface area contributed by atoms with Gasteiger partial charge in [0.25, 0.3) is 0 Å². The Kier molecular flexibility index (Phi) is 4.13. The average molecular weight is 154 g/mol. The lowest BCUT2D eigenvalue weighted by atomic mass is 9.78. The van der Waals surface area contributed by atoms with Crippen molar-refractivity contribution in [3.05, 3.63) is 13.8 Å². The third kappa shape index (κ3) is 6.40. The van der Waals surface area contributed by atoms with Crippen molar-refractivity contribution < 1.29 is 0 Å². The van der Waals surface area contributed by atoms with Crippen LogP contribution in [0.1, 0.15) is 40.5 Å². The highest BCUT2D eigenvalue weighted by Gasteiger charge is 2.20. The van der Waals surface area contributed by atoms with Gasteiger partial charge in [-0.2, -0.15) is 0 Å². The van der Waals surface area contributed by atoms with E-state index < -0.39 is 0 Å². The molecule has 2 atom stereocenters. The highest BCUT2D eigenvalue weighted by atomic mass is 14.3. The van der Waals surface area contributed by atoms with E-state index in [4.69, 9.17) is 0 Å². The molecule has 0 aliphatic carbocycles. The summed E-state index contributed by atoms with van der Waals surface area (Å²) in [6.45, 7) is 17.0. The van der Waals surface area contributed by atoms with Gasteiger partial charge in [-0.15, -0.1) is 0 Å². The van der Waals surface area contributed by atoms with Crippen molar-refractivity contribution in [2.24, 2.45) is 17.3 Å². The van der Waals surface area contributed by atoms with Crippen LogP contribution in [-0.4, -0.2) is 0 Å². The third-order valence-electron chi connectivity index (χ3n) is 1.80. The summed E-state index contributed by atoms with van der Waals surface area (Å²) >= 11 is 0. The predicted molar refractivity (Wildman–Crippen MR) is 52.1 cm³/mol. The van der Waals surface area contributed by atoms with Crippen LogP contribution in [0, 0.1) is 31.1 Å². The van der Waals surface area contributed by atoms with E-state index >= 15 is 0 Å². The summed E-state index contributed by atoms with van der Waals surface area (Å²) in [6.07, 6.45) is 2.40. The molecule has 0 aromatic rings. The molecule has 0 aliphatic rings. The van der Waals surface area contributed by atoms with Gasteiger partial charge in [-0.05, 0) is 30.1 Å². The van der Waals surface area contributed by atoms with Crippen LogP contribution in [0.2, 0.25) is 0 Å². The lowest BCUT2D eigenvalue weighted by Gasteiger charge is -2.28. The average Bonchev–Trinajstić information content (AvgIpc) is 1.53. The van der Waals surface area contributed by atoms with Gasteiger partial charge in [-0.3, -0.25) is 0 Å². The van der Waals surface area contributed by atoms with E-state index in [0.29, 0.717) is 17.3 Å². The first kappa shape index (κ1) is 11.0. The lowest BCUT2D eigenvalue weighted by molar-refractivity contribution is 0.251. The minimum Gasteiger partial charge on any atom is -0.0625 e. The van der Waals surface area contributed by atoms with Crippen molar-refractivity contribution in [2.45, 2.75) is 40.5 Å². The molecule has 66 valence electrons. The van der Waals surface area contributed by atoms with Crippen molar-refractivity contribution in [2.75, 3.05) is 0 Å². The predicted octanol–water partition coefficient (Wildman–Crippen LogP) is 3.73. The minimum atomic E-state index is 0.419. The molecule has 0 spiro atoms. The molecule has 0 nitrogen and oxygen atoms in total. The molecular weight excluding hydrogens is 132 g/mol. The van der Waals surface area contributed by atoms with Gasteiger partial charge < -0.3 is 0 Å². The molecule has 0 rings (SSSR count). The summed E-state index contributed by atoms with van der Waals surface area (Å²) in [4.78, 5) is 0. The zero-order valence-corrected chi connectivity index (χ0v) is 8.48. The van der Waals surface area contributed by atoms with E-state index in [-0.39, 0.29) is 0 Å². The molecule has 0 heteroatoms. The fourth-order valence-corrected chi connectivity index (χ4v) is 1.97. The highest BCUT2D eigenvalue weighted by Crippen LogP contribution is 2.31. The Hall–Kier alpha value is 0. The summed E-state index contributed by atoms with van der Waals surface area (Å²) < 4.78 is 0. The Balaban J connectivity index is 3.79. The van der Waals surface area contributed by atoms with Crippen LogP contribution in [0.4, 0.5) is 0 Å². The Morgan fingerprint density at radius 1 is 1.00 bits per heavy atom. The van der Waals surface area contributed by atoms with Gasteiger partial charge in [0, 0.05) is 0 Å². The van der Waals surface area contributed by atoms with Crippen LogP contribution in [0.15, 0.2) is 0 Å². The molecule has 0 aromatic heterocycles. The quantitative estimate of drug-likeness (QED) is 0.578. The van der Waals surface area contributed by atoms with E-state index in [0.717, 1.165) is 0 Å². The molecule has 11 heavy (non-hydrogen) atoms. The van der Waals surface area contributed by atoms with E-state index in [1.807, 2.05) is 0 Å². The number of rotatable bonds is 4. The van der Waals surface area contributed by atoms with Gasteiger partial charge in [-0.25, -0.2) is 0 Å². The molecule has 0 fully saturated rings. The summed E-state index contributed by atoms with van der Waals surface area (Å²) in [7, 11) is 0. The number of hydrogen-bond donors (Lipinski definition) is 0. The van der Waals surface area contributed by atoms with Crippen LogP contribution in [-0.2, 0) is 0 Å². The second-order valence-electron chi connectivity index (χ2n) is 4.78. The van der Waals surface area contributed by atoms with Crippen LogP contribution in [0.5, 0.6) is 0 Å². The highest BCUT2D eigenvalue weighted by molar-refractivity contribution is 4.75. The first-order valence-electron chi connectivity index (χ1n) is 4.49. The summed E-state index contributed by atoms with van der Waals surface area (Å²) in [5.74, 6) is 1.12. The largest absolute Gasteiger partial charge is 0.0625 e. The maximum atomic E-state index is 4.01. The zero-order chi connectivity index (χ0) is 9.07. The maximum absolute atomic E-state index is 4.01. The monoisotopic (exact) mass is 154 g/mol. The van der Waals surface area contributed by atoms with Crippen LogP contribution in [0.25, 0.3) is 0 Å². The molecule has 2 unspecified atom stereocenters. The Bertz CT molecular complexity index is 86.6. The molecule has 0 saturated heterocycles. The first-order chi connectivity index (χ1) is 4.83. The second-order valence-corrected chi connectivity index (χ2v) is 4.78. The standard InChI is InChI=1S/C11H22/c1-9(2)7-11(5,6)8-10(3)4/h9-10H,1,3,7-8H2,2,4-6H3. The van der Waals surface area contributed by atoms with Crippen molar-refractivity contribution >= 4 is 0 Å². The fraction of sp³-hybridized carbons (Fsp3) is 0.818. The molecule has 2 radical (unpaired) electrons. The second kappa shape index (κ2) is 4.13. The summed E-state index contributed by atoms with van der Waals surface area (Å²) in [6, 6.07) is 0.